The van der Waals surface area contributed by atoms with E-state index in [1.165, 1.54) is 22.3 Å². The molecule has 0 saturated carbocycles. The number of rotatable bonds is 12. The van der Waals surface area contributed by atoms with Crippen LogP contribution in [0.2, 0.25) is 0 Å². The predicted octanol–water partition coefficient (Wildman–Crippen LogP) is 12.6. The quantitative estimate of drug-likeness (QED) is 0.129. The van der Waals surface area contributed by atoms with Crippen LogP contribution in [-0.4, -0.2) is 0 Å². The van der Waals surface area contributed by atoms with Crippen molar-refractivity contribution < 1.29 is 0 Å². The summed E-state index contributed by atoms with van der Waals surface area (Å²) in [6.45, 7) is 9.10. The second kappa shape index (κ2) is 15.2. The van der Waals surface area contributed by atoms with Crippen LogP contribution in [-0.2, 0) is 10.8 Å². The van der Waals surface area contributed by atoms with Crippen LogP contribution in [0.25, 0.3) is 12.2 Å². The van der Waals surface area contributed by atoms with Crippen LogP contribution in [0, 0.1) is 0 Å². The lowest BCUT2D eigenvalue weighted by Crippen LogP contribution is -2.18. The molecule has 230 valence electrons. The third kappa shape index (κ3) is 8.31. The van der Waals surface area contributed by atoms with Crippen LogP contribution in [0.1, 0.15) is 56.4 Å². The number of benzene rings is 5. The molecule has 0 fully saturated rings. The van der Waals surface area contributed by atoms with E-state index in [0.717, 1.165) is 23.5 Å². The Bertz CT molecular complexity index is 1760. The lowest BCUT2D eigenvalue weighted by molar-refractivity contribution is 0.572. The first kappa shape index (κ1) is 32.3. The molecule has 0 amide bonds. The van der Waals surface area contributed by atoms with Gasteiger partial charge in [-0.1, -0.05) is 179 Å². The van der Waals surface area contributed by atoms with Gasteiger partial charge in [-0.15, -0.1) is 0 Å². The van der Waals surface area contributed by atoms with Crippen molar-refractivity contribution in [1.29, 1.82) is 0 Å². The van der Waals surface area contributed by atoms with Gasteiger partial charge in [-0.2, -0.15) is 0 Å². The van der Waals surface area contributed by atoms with Gasteiger partial charge >= 0.3 is 0 Å². The highest BCUT2D eigenvalue weighted by Crippen LogP contribution is 2.38. The van der Waals surface area contributed by atoms with Gasteiger partial charge in [0.2, 0.25) is 0 Å². The fraction of sp³-hybridized carbons (Fsp3) is 0.156. The highest BCUT2D eigenvalue weighted by Gasteiger charge is 2.22. The molecule has 0 aliphatic heterocycles. The lowest BCUT2D eigenvalue weighted by Gasteiger charge is -2.29. The Labute approximate surface area is 276 Å². The largest absolute Gasteiger partial charge is 0.311 e. The standard InChI is InChI=1S/C45H45N/c1-5-45(4,36-18-16-24-38-21-11-7-12-22-38)40-29-33-43(34-30-40)46(41-25-13-8-14-26-41)42-31-27-39(28-32-42)44(2,3)35-17-15-23-37-19-9-6-10-20-37/h6-36H,5H2,1-4H3. The van der Waals surface area contributed by atoms with Crippen molar-refractivity contribution in [2.45, 2.75) is 44.9 Å². The molecule has 5 aromatic carbocycles. The topological polar surface area (TPSA) is 3.24 Å². The summed E-state index contributed by atoms with van der Waals surface area (Å²) in [6, 6.07) is 49.5. The molecule has 0 bridgehead atoms. The summed E-state index contributed by atoms with van der Waals surface area (Å²) < 4.78 is 0. The predicted molar refractivity (Wildman–Crippen MR) is 201 cm³/mol. The zero-order valence-electron chi connectivity index (χ0n) is 27.6. The molecule has 0 aliphatic rings. The maximum absolute atomic E-state index is 2.33. The molecule has 0 aromatic heterocycles. The van der Waals surface area contributed by atoms with Gasteiger partial charge in [0.15, 0.2) is 0 Å². The fourth-order valence-electron chi connectivity index (χ4n) is 5.60. The number of anilines is 3. The minimum Gasteiger partial charge on any atom is -0.311 e. The van der Waals surface area contributed by atoms with Gasteiger partial charge in [-0.05, 0) is 65.1 Å². The Kier molecular flexibility index (Phi) is 10.7. The van der Waals surface area contributed by atoms with Crippen molar-refractivity contribution in [3.05, 3.63) is 198 Å². The summed E-state index contributed by atoms with van der Waals surface area (Å²) in [6.07, 6.45) is 18.5. The highest BCUT2D eigenvalue weighted by molar-refractivity contribution is 5.76. The van der Waals surface area contributed by atoms with Crippen LogP contribution < -0.4 is 4.90 Å². The summed E-state index contributed by atoms with van der Waals surface area (Å²) in [4.78, 5) is 2.33. The molecule has 0 heterocycles. The Morgan fingerprint density at radius 1 is 0.457 bits per heavy atom. The SMILES string of the molecule is CCC(C)(C=CC=Cc1ccccc1)c1ccc(N(c2ccccc2)c2ccc(C(C)(C)C=CC=Cc3ccccc3)cc2)cc1. The van der Waals surface area contributed by atoms with Gasteiger partial charge in [0, 0.05) is 27.9 Å². The van der Waals surface area contributed by atoms with Crippen molar-refractivity contribution >= 4 is 29.2 Å². The zero-order valence-corrected chi connectivity index (χ0v) is 27.6. The maximum Gasteiger partial charge on any atom is 0.0461 e. The van der Waals surface area contributed by atoms with Gasteiger partial charge in [0.25, 0.3) is 0 Å². The van der Waals surface area contributed by atoms with E-state index < -0.39 is 0 Å². The van der Waals surface area contributed by atoms with E-state index in [4.69, 9.17) is 0 Å². The minimum atomic E-state index is -0.104. The highest BCUT2D eigenvalue weighted by atomic mass is 15.1. The number of hydrogen-bond acceptors (Lipinski definition) is 1. The van der Waals surface area contributed by atoms with Crippen LogP contribution >= 0.6 is 0 Å². The summed E-state index contributed by atoms with van der Waals surface area (Å²) >= 11 is 0. The molecule has 0 aliphatic carbocycles. The number of para-hydroxylation sites is 1. The van der Waals surface area contributed by atoms with Crippen molar-refractivity contribution in [3.8, 4) is 0 Å². The van der Waals surface area contributed by atoms with E-state index in [9.17, 15) is 0 Å². The summed E-state index contributed by atoms with van der Waals surface area (Å²) in [5, 5.41) is 0. The summed E-state index contributed by atoms with van der Waals surface area (Å²) in [7, 11) is 0. The molecule has 46 heavy (non-hydrogen) atoms. The van der Waals surface area contributed by atoms with Gasteiger partial charge in [0.1, 0.15) is 0 Å². The van der Waals surface area contributed by atoms with E-state index in [-0.39, 0.29) is 10.8 Å². The van der Waals surface area contributed by atoms with E-state index in [1.54, 1.807) is 0 Å². The summed E-state index contributed by atoms with van der Waals surface area (Å²) in [5.41, 5.74) is 8.24. The Balaban J connectivity index is 1.36. The van der Waals surface area contributed by atoms with Crippen molar-refractivity contribution in [1.82, 2.24) is 0 Å². The Morgan fingerprint density at radius 2 is 0.870 bits per heavy atom. The molecule has 1 unspecified atom stereocenters. The molecule has 5 rings (SSSR count). The first-order valence-corrected chi connectivity index (χ1v) is 16.3. The number of nitrogens with zero attached hydrogens (tertiary/aromatic N) is 1. The summed E-state index contributed by atoms with van der Waals surface area (Å²) in [5.74, 6) is 0. The first-order valence-electron chi connectivity index (χ1n) is 16.3. The minimum absolute atomic E-state index is 0.0613. The molecule has 1 heteroatoms. The monoisotopic (exact) mass is 599 g/mol. The second-order valence-electron chi connectivity index (χ2n) is 12.5. The molecule has 0 saturated heterocycles. The average molecular weight is 600 g/mol. The fourth-order valence-corrected chi connectivity index (χ4v) is 5.60. The maximum atomic E-state index is 2.33. The van der Waals surface area contributed by atoms with Crippen LogP contribution in [0.5, 0.6) is 0 Å². The van der Waals surface area contributed by atoms with E-state index in [2.05, 4.69) is 209 Å². The van der Waals surface area contributed by atoms with Crippen LogP contribution in [0.3, 0.4) is 0 Å². The van der Waals surface area contributed by atoms with Crippen molar-refractivity contribution in [2.75, 3.05) is 4.90 Å². The normalized spacial score (nSPS) is 13.6. The average Bonchev–Trinajstić information content (AvgIpc) is 3.10. The van der Waals surface area contributed by atoms with Crippen LogP contribution in [0.15, 0.2) is 176 Å². The van der Waals surface area contributed by atoms with Gasteiger partial charge in [-0.3, -0.25) is 0 Å². The first-order chi connectivity index (χ1) is 22.4. The molecule has 0 N–H and O–H groups in total. The number of hydrogen-bond donors (Lipinski definition) is 0. The molecule has 1 atom stereocenters. The van der Waals surface area contributed by atoms with Gasteiger partial charge < -0.3 is 4.90 Å². The van der Waals surface area contributed by atoms with E-state index in [1.807, 2.05) is 12.1 Å². The van der Waals surface area contributed by atoms with Gasteiger partial charge in [-0.25, -0.2) is 0 Å². The third-order valence-electron chi connectivity index (χ3n) is 8.78. The third-order valence-corrected chi connectivity index (χ3v) is 8.78. The molecular formula is C45H45N. The smallest absolute Gasteiger partial charge is 0.0461 e. The molecule has 5 aromatic rings. The molecule has 0 spiro atoms. The van der Waals surface area contributed by atoms with Crippen LogP contribution in [0.4, 0.5) is 17.1 Å². The Hall–Kier alpha value is -5.14. The van der Waals surface area contributed by atoms with Gasteiger partial charge in [0.05, 0.1) is 0 Å². The van der Waals surface area contributed by atoms with E-state index in [0.29, 0.717) is 0 Å². The molecule has 1 nitrogen and oxygen atoms in total. The second-order valence-corrected chi connectivity index (χ2v) is 12.5. The van der Waals surface area contributed by atoms with Crippen molar-refractivity contribution in [3.63, 3.8) is 0 Å². The van der Waals surface area contributed by atoms with Crippen molar-refractivity contribution in [2.24, 2.45) is 0 Å². The number of allylic oxidation sites excluding steroid dienone is 6. The molecule has 0 radical (unpaired) electrons. The zero-order chi connectivity index (χ0) is 32.2. The Morgan fingerprint density at radius 3 is 1.35 bits per heavy atom. The van der Waals surface area contributed by atoms with E-state index >= 15 is 0 Å². The lowest BCUT2D eigenvalue weighted by atomic mass is 9.79. The molecular weight excluding hydrogens is 555 g/mol.